The van der Waals surface area contributed by atoms with E-state index in [1.807, 2.05) is 0 Å². The predicted octanol–water partition coefficient (Wildman–Crippen LogP) is 3.48. The molecule has 2 amide bonds. The molecule has 5 nitrogen and oxygen atoms in total. The number of amides is 2. The van der Waals surface area contributed by atoms with Crippen molar-refractivity contribution in [1.82, 2.24) is 0 Å². The monoisotopic (exact) mass is 288 g/mol. The van der Waals surface area contributed by atoms with Crippen molar-refractivity contribution in [3.05, 3.63) is 59.4 Å². The Balaban J connectivity index is 2.08. The molecule has 0 radical (unpaired) electrons. The highest BCUT2D eigenvalue weighted by Gasteiger charge is 2.10. The standard InChI is InChI=1S/C15H13FN2O3/c1-9-8-10(6-7-11(9)14(19)20)17-15(21)18-13-5-3-2-4-12(13)16/h2-8H,1H3,(H,19,20)(H2,17,18,21). The van der Waals surface area contributed by atoms with Crippen molar-refractivity contribution in [3.63, 3.8) is 0 Å². The minimum atomic E-state index is -1.03. The van der Waals surface area contributed by atoms with Crippen molar-refractivity contribution >= 4 is 23.4 Å². The molecule has 0 unspecified atom stereocenters. The summed E-state index contributed by atoms with van der Waals surface area (Å²) in [6.07, 6.45) is 0. The molecular weight excluding hydrogens is 275 g/mol. The van der Waals surface area contributed by atoms with Gasteiger partial charge in [-0.05, 0) is 42.8 Å². The smallest absolute Gasteiger partial charge is 0.335 e. The Morgan fingerprint density at radius 1 is 1.10 bits per heavy atom. The zero-order chi connectivity index (χ0) is 15.4. The molecule has 0 aliphatic rings. The maximum atomic E-state index is 13.4. The molecule has 6 heteroatoms. The Hall–Kier alpha value is -2.89. The molecule has 0 atom stereocenters. The van der Waals surface area contributed by atoms with E-state index in [1.54, 1.807) is 13.0 Å². The van der Waals surface area contributed by atoms with Crippen LogP contribution in [0.25, 0.3) is 0 Å². The summed E-state index contributed by atoms with van der Waals surface area (Å²) >= 11 is 0. The first kappa shape index (κ1) is 14.5. The summed E-state index contributed by atoms with van der Waals surface area (Å²) in [6.45, 7) is 1.63. The number of para-hydroxylation sites is 1. The summed E-state index contributed by atoms with van der Waals surface area (Å²) < 4.78 is 13.4. The molecule has 0 aliphatic carbocycles. The van der Waals surface area contributed by atoms with Gasteiger partial charge in [0.05, 0.1) is 11.3 Å². The van der Waals surface area contributed by atoms with Crippen LogP contribution in [0.5, 0.6) is 0 Å². The molecule has 3 N–H and O–H groups in total. The van der Waals surface area contributed by atoms with Gasteiger partial charge in [0.25, 0.3) is 0 Å². The van der Waals surface area contributed by atoms with E-state index in [4.69, 9.17) is 5.11 Å². The number of carbonyl (C=O) groups is 2. The van der Waals surface area contributed by atoms with Crippen LogP contribution in [0.15, 0.2) is 42.5 Å². The van der Waals surface area contributed by atoms with Crippen LogP contribution < -0.4 is 10.6 Å². The fourth-order valence-corrected chi connectivity index (χ4v) is 1.83. The number of carboxylic acid groups (broad SMARTS) is 1. The Labute approximate surface area is 120 Å². The van der Waals surface area contributed by atoms with Crippen LogP contribution >= 0.6 is 0 Å². The Morgan fingerprint density at radius 3 is 2.43 bits per heavy atom. The van der Waals surface area contributed by atoms with E-state index in [1.165, 1.54) is 36.4 Å². The molecule has 0 saturated carbocycles. The number of rotatable bonds is 3. The van der Waals surface area contributed by atoms with Crippen molar-refractivity contribution in [2.75, 3.05) is 10.6 Å². The van der Waals surface area contributed by atoms with Crippen molar-refractivity contribution in [3.8, 4) is 0 Å². The highest BCUT2D eigenvalue weighted by molar-refractivity contribution is 6.00. The summed E-state index contributed by atoms with van der Waals surface area (Å²) in [5.74, 6) is -1.57. The van der Waals surface area contributed by atoms with E-state index >= 15 is 0 Å². The SMILES string of the molecule is Cc1cc(NC(=O)Nc2ccccc2F)ccc1C(=O)O. The Kier molecular flexibility index (Phi) is 4.18. The Bertz CT molecular complexity index is 701. The van der Waals surface area contributed by atoms with Crippen molar-refractivity contribution in [2.45, 2.75) is 6.92 Å². The summed E-state index contributed by atoms with van der Waals surface area (Å²) in [5, 5.41) is 13.8. The average Bonchev–Trinajstić information content (AvgIpc) is 2.41. The van der Waals surface area contributed by atoms with Crippen molar-refractivity contribution in [1.29, 1.82) is 0 Å². The highest BCUT2D eigenvalue weighted by atomic mass is 19.1. The number of urea groups is 1. The van der Waals surface area contributed by atoms with Crippen molar-refractivity contribution in [2.24, 2.45) is 0 Å². The van der Waals surface area contributed by atoms with Crippen LogP contribution in [0.3, 0.4) is 0 Å². The minimum absolute atomic E-state index is 0.0638. The van der Waals surface area contributed by atoms with Gasteiger partial charge in [0, 0.05) is 5.69 Å². The number of nitrogens with one attached hydrogen (secondary N) is 2. The number of hydrogen-bond donors (Lipinski definition) is 3. The molecule has 2 aromatic carbocycles. The molecule has 0 fully saturated rings. The third-order valence-corrected chi connectivity index (χ3v) is 2.84. The lowest BCUT2D eigenvalue weighted by molar-refractivity contribution is 0.0696. The summed E-state index contributed by atoms with van der Waals surface area (Å²) in [5.41, 5.74) is 1.17. The van der Waals surface area contributed by atoms with Gasteiger partial charge < -0.3 is 15.7 Å². The number of aromatic carboxylic acids is 1. The van der Waals surface area contributed by atoms with Gasteiger partial charge in [-0.15, -0.1) is 0 Å². The molecular formula is C15H13FN2O3. The molecule has 0 heterocycles. The van der Waals surface area contributed by atoms with Gasteiger partial charge in [-0.1, -0.05) is 12.1 Å². The molecule has 0 aromatic heterocycles. The van der Waals surface area contributed by atoms with E-state index in [-0.39, 0.29) is 11.3 Å². The number of hydrogen-bond acceptors (Lipinski definition) is 2. The average molecular weight is 288 g/mol. The normalized spacial score (nSPS) is 10.0. The second-order valence-corrected chi connectivity index (χ2v) is 4.39. The van der Waals surface area contributed by atoms with Gasteiger partial charge in [-0.2, -0.15) is 0 Å². The summed E-state index contributed by atoms with van der Waals surface area (Å²) in [6, 6.07) is 9.59. The van der Waals surface area contributed by atoms with E-state index in [2.05, 4.69) is 10.6 Å². The van der Waals surface area contributed by atoms with E-state index in [9.17, 15) is 14.0 Å². The van der Waals surface area contributed by atoms with Crippen LogP contribution in [-0.2, 0) is 0 Å². The fourth-order valence-electron chi connectivity index (χ4n) is 1.83. The van der Waals surface area contributed by atoms with Gasteiger partial charge in [-0.3, -0.25) is 0 Å². The van der Waals surface area contributed by atoms with Crippen LogP contribution in [0.2, 0.25) is 0 Å². The first-order valence-electron chi connectivity index (χ1n) is 6.14. The molecule has 2 aromatic rings. The quantitative estimate of drug-likeness (QED) is 0.809. The maximum Gasteiger partial charge on any atom is 0.335 e. The molecule has 0 bridgehead atoms. The second kappa shape index (κ2) is 6.04. The van der Waals surface area contributed by atoms with Crippen LogP contribution in [0.4, 0.5) is 20.6 Å². The molecule has 0 aliphatic heterocycles. The summed E-state index contributed by atoms with van der Waals surface area (Å²) in [4.78, 5) is 22.7. The van der Waals surface area contributed by atoms with Gasteiger partial charge in [0.15, 0.2) is 0 Å². The molecule has 21 heavy (non-hydrogen) atoms. The third kappa shape index (κ3) is 3.56. The lowest BCUT2D eigenvalue weighted by atomic mass is 10.1. The second-order valence-electron chi connectivity index (χ2n) is 4.39. The van der Waals surface area contributed by atoms with Gasteiger partial charge in [0.2, 0.25) is 0 Å². The number of anilines is 2. The van der Waals surface area contributed by atoms with Crippen LogP contribution in [-0.4, -0.2) is 17.1 Å². The van der Waals surface area contributed by atoms with Gasteiger partial charge >= 0.3 is 12.0 Å². The van der Waals surface area contributed by atoms with Crippen molar-refractivity contribution < 1.29 is 19.1 Å². The first-order chi connectivity index (χ1) is 9.97. The Morgan fingerprint density at radius 2 is 1.81 bits per heavy atom. The molecule has 2 rings (SSSR count). The summed E-state index contributed by atoms with van der Waals surface area (Å²) in [7, 11) is 0. The number of halogens is 1. The minimum Gasteiger partial charge on any atom is -0.478 e. The van der Waals surface area contributed by atoms with E-state index in [0.29, 0.717) is 11.3 Å². The van der Waals surface area contributed by atoms with E-state index in [0.717, 1.165) is 0 Å². The lowest BCUT2D eigenvalue weighted by Gasteiger charge is -2.09. The number of benzene rings is 2. The zero-order valence-corrected chi connectivity index (χ0v) is 11.2. The first-order valence-corrected chi connectivity index (χ1v) is 6.14. The lowest BCUT2D eigenvalue weighted by Crippen LogP contribution is -2.20. The third-order valence-electron chi connectivity index (χ3n) is 2.84. The maximum absolute atomic E-state index is 13.4. The number of carboxylic acids is 1. The topological polar surface area (TPSA) is 78.4 Å². The largest absolute Gasteiger partial charge is 0.478 e. The van der Waals surface area contributed by atoms with E-state index < -0.39 is 17.8 Å². The van der Waals surface area contributed by atoms with Gasteiger partial charge in [0.1, 0.15) is 5.82 Å². The number of aryl methyl sites for hydroxylation is 1. The van der Waals surface area contributed by atoms with Crippen LogP contribution in [0.1, 0.15) is 15.9 Å². The predicted molar refractivity (Wildman–Crippen MR) is 77.2 cm³/mol. The highest BCUT2D eigenvalue weighted by Crippen LogP contribution is 2.17. The molecule has 108 valence electrons. The van der Waals surface area contributed by atoms with Crippen LogP contribution in [0, 0.1) is 12.7 Å². The zero-order valence-electron chi connectivity index (χ0n) is 11.2. The fraction of sp³-hybridized carbons (Fsp3) is 0.0667. The van der Waals surface area contributed by atoms with Gasteiger partial charge in [-0.25, -0.2) is 14.0 Å². The number of carbonyl (C=O) groups excluding carboxylic acids is 1. The molecule has 0 saturated heterocycles. The molecule has 0 spiro atoms.